The molecule has 2 amide bonds. The number of fused-ring (bicyclic) bond motifs is 5. The van der Waals surface area contributed by atoms with E-state index in [4.69, 9.17) is 4.74 Å². The first-order valence-electron chi connectivity index (χ1n) is 12.5. The molecule has 0 aromatic heterocycles. The average molecular weight is 471 g/mol. The number of nitrogens with zero attached hydrogens (tertiary/aromatic N) is 2. The molecule has 6 nitrogen and oxygen atoms in total. The van der Waals surface area contributed by atoms with E-state index in [-0.39, 0.29) is 36.3 Å². The Bertz CT molecular complexity index is 1260. The van der Waals surface area contributed by atoms with Crippen molar-refractivity contribution in [1.82, 2.24) is 4.90 Å². The van der Waals surface area contributed by atoms with Gasteiger partial charge in [0.2, 0.25) is 11.8 Å². The minimum atomic E-state index is -0.732. The van der Waals surface area contributed by atoms with Crippen molar-refractivity contribution in [2.75, 3.05) is 18.1 Å². The van der Waals surface area contributed by atoms with Crippen LogP contribution >= 0.6 is 0 Å². The summed E-state index contributed by atoms with van der Waals surface area (Å²) in [6.07, 6.45) is 3.76. The number of rotatable bonds is 4. The van der Waals surface area contributed by atoms with Gasteiger partial charge in [-0.15, -0.1) is 0 Å². The lowest BCUT2D eigenvalue weighted by molar-refractivity contribution is -0.142. The van der Waals surface area contributed by atoms with Crippen LogP contribution in [-0.2, 0) is 14.3 Å². The molecule has 0 spiro atoms. The fourth-order valence-corrected chi connectivity index (χ4v) is 6.38. The molecule has 0 bridgehead atoms. The number of imide groups is 1. The van der Waals surface area contributed by atoms with E-state index in [1.807, 2.05) is 57.2 Å². The van der Waals surface area contributed by atoms with Crippen LogP contribution in [0.1, 0.15) is 46.8 Å². The molecular weight excluding hydrogens is 440 g/mol. The lowest BCUT2D eigenvalue weighted by atomic mass is 9.85. The third kappa shape index (κ3) is 3.38. The molecule has 6 heteroatoms. The zero-order chi connectivity index (χ0) is 24.4. The van der Waals surface area contributed by atoms with Gasteiger partial charge in [0.1, 0.15) is 6.04 Å². The summed E-state index contributed by atoms with van der Waals surface area (Å²) in [5, 5.41) is 0. The van der Waals surface area contributed by atoms with Gasteiger partial charge >= 0.3 is 0 Å². The van der Waals surface area contributed by atoms with Crippen LogP contribution in [0.25, 0.3) is 5.57 Å². The molecule has 35 heavy (non-hydrogen) atoms. The molecule has 4 aliphatic rings. The number of ketones is 1. The van der Waals surface area contributed by atoms with Crippen LogP contribution < -0.4 is 4.90 Å². The van der Waals surface area contributed by atoms with Crippen molar-refractivity contribution in [3.63, 3.8) is 0 Å². The highest BCUT2D eigenvalue weighted by molar-refractivity contribution is 6.14. The Balaban J connectivity index is 1.46. The standard InChI is InChI=1S/C29H30N2O4/c1-16-6-9-19(10-7-16)27(32)26-25-24(28(33)30(29(25)34)15-20-5-4-12-35-20)23-14-18(3)21-13-17(2)8-11-22(21)31(23)26/h6-11,13-14,20,23-26H,4-5,12,15H2,1-3H3/t20-,23+,24+,25-,26-/m0/s1. The number of hydrogen-bond donors (Lipinski definition) is 0. The first-order chi connectivity index (χ1) is 16.8. The van der Waals surface area contributed by atoms with Crippen LogP contribution in [0.15, 0.2) is 48.5 Å². The van der Waals surface area contributed by atoms with E-state index in [1.165, 1.54) is 4.90 Å². The maximum Gasteiger partial charge on any atom is 0.235 e. The van der Waals surface area contributed by atoms with Crippen LogP contribution in [0.4, 0.5) is 5.69 Å². The van der Waals surface area contributed by atoms with E-state index < -0.39 is 17.9 Å². The highest BCUT2D eigenvalue weighted by Gasteiger charge is 2.64. The van der Waals surface area contributed by atoms with Crippen molar-refractivity contribution in [2.24, 2.45) is 11.8 Å². The van der Waals surface area contributed by atoms with Crippen molar-refractivity contribution in [3.8, 4) is 0 Å². The number of aryl methyl sites for hydroxylation is 2. The Kier molecular flexibility index (Phi) is 5.18. The Morgan fingerprint density at radius 1 is 0.971 bits per heavy atom. The third-order valence-electron chi connectivity index (χ3n) is 8.11. The zero-order valence-corrected chi connectivity index (χ0v) is 20.4. The molecule has 4 heterocycles. The number of benzene rings is 2. The fourth-order valence-electron chi connectivity index (χ4n) is 6.38. The lowest BCUT2D eigenvalue weighted by Gasteiger charge is -2.38. The van der Waals surface area contributed by atoms with Crippen LogP contribution in [0.5, 0.6) is 0 Å². The second-order valence-electron chi connectivity index (χ2n) is 10.4. The van der Waals surface area contributed by atoms with E-state index in [2.05, 4.69) is 17.0 Å². The average Bonchev–Trinajstić information content (AvgIpc) is 3.53. The maximum absolute atomic E-state index is 14.0. The molecule has 2 aromatic carbocycles. The fraction of sp³-hybridized carbons (Fsp3) is 0.414. The minimum absolute atomic E-state index is 0.109. The first kappa shape index (κ1) is 22.2. The van der Waals surface area contributed by atoms with Gasteiger partial charge in [-0.3, -0.25) is 19.3 Å². The number of ether oxygens (including phenoxy) is 1. The van der Waals surface area contributed by atoms with Crippen molar-refractivity contribution in [1.29, 1.82) is 0 Å². The number of allylic oxidation sites excluding steroid dienone is 1. The number of hydrogen-bond acceptors (Lipinski definition) is 5. The van der Waals surface area contributed by atoms with Gasteiger partial charge in [0, 0.05) is 23.4 Å². The summed E-state index contributed by atoms with van der Waals surface area (Å²) >= 11 is 0. The molecule has 180 valence electrons. The second kappa shape index (κ2) is 8.16. The van der Waals surface area contributed by atoms with Gasteiger partial charge in [0.25, 0.3) is 0 Å². The van der Waals surface area contributed by atoms with Crippen molar-refractivity contribution in [2.45, 2.75) is 51.8 Å². The molecule has 3 fully saturated rings. The van der Waals surface area contributed by atoms with Crippen molar-refractivity contribution < 1.29 is 19.1 Å². The molecule has 0 radical (unpaired) electrons. The number of Topliss-reactive ketones (excluding diaryl/α,β-unsaturated/α-hetero) is 1. The highest BCUT2D eigenvalue weighted by atomic mass is 16.5. The zero-order valence-electron chi connectivity index (χ0n) is 20.4. The molecular formula is C29H30N2O4. The van der Waals surface area contributed by atoms with Crippen LogP contribution in [0, 0.1) is 25.7 Å². The van der Waals surface area contributed by atoms with Gasteiger partial charge in [-0.2, -0.15) is 0 Å². The summed E-state index contributed by atoms with van der Waals surface area (Å²) in [5.74, 6) is -1.81. The molecule has 0 N–H and O–H groups in total. The van der Waals surface area contributed by atoms with Gasteiger partial charge in [-0.05, 0) is 51.3 Å². The molecule has 3 saturated heterocycles. The molecule has 0 unspecified atom stereocenters. The lowest BCUT2D eigenvalue weighted by Crippen LogP contribution is -2.50. The van der Waals surface area contributed by atoms with E-state index >= 15 is 0 Å². The number of likely N-dealkylation sites (tertiary alicyclic amines) is 1. The maximum atomic E-state index is 14.0. The Morgan fingerprint density at radius 3 is 2.40 bits per heavy atom. The molecule has 2 aromatic rings. The molecule has 6 rings (SSSR count). The van der Waals surface area contributed by atoms with Gasteiger partial charge in [0.15, 0.2) is 5.78 Å². The normalized spacial score (nSPS) is 29.2. The molecule has 5 atom stereocenters. The van der Waals surface area contributed by atoms with E-state index in [9.17, 15) is 14.4 Å². The number of anilines is 1. The smallest absolute Gasteiger partial charge is 0.235 e. The monoisotopic (exact) mass is 470 g/mol. The third-order valence-corrected chi connectivity index (χ3v) is 8.11. The summed E-state index contributed by atoms with van der Waals surface area (Å²) in [4.78, 5) is 45.1. The molecule has 4 aliphatic heterocycles. The molecule has 0 aliphatic carbocycles. The molecule has 0 saturated carbocycles. The Hall–Kier alpha value is -3.25. The van der Waals surface area contributed by atoms with Crippen molar-refractivity contribution in [3.05, 3.63) is 70.8 Å². The Morgan fingerprint density at radius 2 is 1.69 bits per heavy atom. The van der Waals surface area contributed by atoms with E-state index in [0.29, 0.717) is 12.2 Å². The second-order valence-corrected chi connectivity index (χ2v) is 10.4. The van der Waals surface area contributed by atoms with E-state index in [1.54, 1.807) is 0 Å². The predicted octanol–water partition coefficient (Wildman–Crippen LogP) is 3.94. The summed E-state index contributed by atoms with van der Waals surface area (Å²) in [5.41, 5.74) is 5.81. The highest BCUT2D eigenvalue weighted by Crippen LogP contribution is 2.50. The predicted molar refractivity (Wildman–Crippen MR) is 133 cm³/mol. The van der Waals surface area contributed by atoms with Crippen LogP contribution in [0.2, 0.25) is 0 Å². The summed E-state index contributed by atoms with van der Waals surface area (Å²) in [7, 11) is 0. The first-order valence-corrected chi connectivity index (χ1v) is 12.5. The van der Waals surface area contributed by atoms with Crippen LogP contribution in [-0.4, -0.2) is 53.8 Å². The largest absolute Gasteiger partial charge is 0.376 e. The Labute approximate surface area is 205 Å². The van der Waals surface area contributed by atoms with Crippen LogP contribution in [0.3, 0.4) is 0 Å². The van der Waals surface area contributed by atoms with Gasteiger partial charge in [-0.25, -0.2) is 0 Å². The summed E-state index contributed by atoms with van der Waals surface area (Å²) in [6, 6.07) is 12.6. The SMILES string of the molecule is CC1=C[C@@H]2[C@H]3C(=O)N(C[C@@H]4CCCO4)C(=O)[C@@H]3[C@@H](C(=O)c3ccc(C)cc3)N2c2ccc(C)cc21. The van der Waals surface area contributed by atoms with E-state index in [0.717, 1.165) is 40.8 Å². The van der Waals surface area contributed by atoms with Gasteiger partial charge < -0.3 is 9.64 Å². The minimum Gasteiger partial charge on any atom is -0.376 e. The number of carbonyl (C=O) groups is 3. The van der Waals surface area contributed by atoms with Crippen molar-refractivity contribution >= 4 is 28.9 Å². The number of carbonyl (C=O) groups excluding carboxylic acids is 3. The van der Waals surface area contributed by atoms with Gasteiger partial charge in [0.05, 0.1) is 30.5 Å². The summed E-state index contributed by atoms with van der Waals surface area (Å²) < 4.78 is 5.73. The number of amides is 2. The topological polar surface area (TPSA) is 66.9 Å². The quantitative estimate of drug-likeness (QED) is 0.500. The summed E-state index contributed by atoms with van der Waals surface area (Å²) in [6.45, 7) is 7.02. The van der Waals surface area contributed by atoms with Gasteiger partial charge in [-0.1, -0.05) is 47.5 Å².